The minimum atomic E-state index is -1.05. The Labute approximate surface area is 250 Å². The molecule has 1 N–H and O–H groups in total. The number of methoxy groups -OCH3 is 1. The summed E-state index contributed by atoms with van der Waals surface area (Å²) in [6.07, 6.45) is 5.11. The number of pyridine rings is 1. The number of fused-ring (bicyclic) bond motifs is 1. The fraction of sp³-hybridized carbons (Fsp3) is 0.424. The van der Waals surface area contributed by atoms with E-state index < -0.39 is 41.4 Å². The molecule has 230 valence electrons. The van der Waals surface area contributed by atoms with Gasteiger partial charge in [-0.05, 0) is 94.5 Å². The molecule has 4 rings (SSSR count). The number of halogens is 2. The summed E-state index contributed by atoms with van der Waals surface area (Å²) in [7, 11) is 1.61. The Morgan fingerprint density at radius 1 is 1.14 bits per heavy atom. The van der Waals surface area contributed by atoms with Crippen LogP contribution in [-0.2, 0) is 20.7 Å². The summed E-state index contributed by atoms with van der Waals surface area (Å²) in [5.41, 5.74) is 1.16. The Balaban J connectivity index is 1.52. The topological polar surface area (TPSA) is 98.2 Å². The van der Waals surface area contributed by atoms with Gasteiger partial charge in [0.15, 0.2) is 0 Å². The van der Waals surface area contributed by atoms with E-state index in [1.165, 1.54) is 17.1 Å². The van der Waals surface area contributed by atoms with Gasteiger partial charge in [-0.1, -0.05) is 12.2 Å². The first kappa shape index (κ1) is 31.9. The van der Waals surface area contributed by atoms with Crippen molar-refractivity contribution in [2.24, 2.45) is 0 Å². The molecule has 0 bridgehead atoms. The largest absolute Gasteiger partial charge is 0.497 e. The van der Waals surface area contributed by atoms with Crippen molar-refractivity contribution in [2.45, 2.75) is 76.7 Å². The molecule has 43 heavy (non-hydrogen) atoms. The Morgan fingerprint density at radius 2 is 1.93 bits per heavy atom. The molecule has 8 nitrogen and oxygen atoms in total. The number of aliphatic carboxylic acids is 1. The molecule has 0 aliphatic carbocycles. The van der Waals surface area contributed by atoms with Gasteiger partial charge in [0.25, 0.3) is 0 Å². The maximum absolute atomic E-state index is 14.2. The average molecular weight is 597 g/mol. The van der Waals surface area contributed by atoms with E-state index in [1.54, 1.807) is 34.1 Å². The molecule has 1 aliphatic heterocycles. The van der Waals surface area contributed by atoms with Crippen molar-refractivity contribution in [3.63, 3.8) is 0 Å². The van der Waals surface area contributed by atoms with Gasteiger partial charge in [0, 0.05) is 23.7 Å². The summed E-state index contributed by atoms with van der Waals surface area (Å²) in [5.74, 6) is -1.51. The molecule has 0 radical (unpaired) electrons. The number of hydrogen-bond acceptors (Lipinski definition) is 6. The van der Waals surface area contributed by atoms with Gasteiger partial charge in [0.2, 0.25) is 0 Å². The molecule has 0 spiro atoms. The molecular formula is C33H38F2N2O6. The number of hydrogen-bond donors (Lipinski definition) is 1. The van der Waals surface area contributed by atoms with Gasteiger partial charge >= 0.3 is 12.1 Å². The highest BCUT2D eigenvalue weighted by molar-refractivity contribution is 5.83. The first-order chi connectivity index (χ1) is 20.4. The molecule has 0 saturated carbocycles. The van der Waals surface area contributed by atoms with E-state index in [9.17, 15) is 23.5 Å². The quantitative estimate of drug-likeness (QED) is 0.275. The van der Waals surface area contributed by atoms with Crippen molar-refractivity contribution in [3.8, 4) is 5.75 Å². The summed E-state index contributed by atoms with van der Waals surface area (Å²) in [4.78, 5) is 31.1. The lowest BCUT2D eigenvalue weighted by molar-refractivity contribution is -0.148. The van der Waals surface area contributed by atoms with E-state index in [0.29, 0.717) is 25.7 Å². The molecule has 2 aromatic carbocycles. The van der Waals surface area contributed by atoms with Gasteiger partial charge in [0.1, 0.15) is 23.0 Å². The molecule has 1 saturated heterocycles. The third kappa shape index (κ3) is 8.73. The van der Waals surface area contributed by atoms with Crippen LogP contribution < -0.4 is 4.74 Å². The van der Waals surface area contributed by atoms with E-state index in [4.69, 9.17) is 14.2 Å². The van der Waals surface area contributed by atoms with E-state index in [2.05, 4.69) is 4.98 Å². The van der Waals surface area contributed by atoms with Crippen LogP contribution in [0.4, 0.5) is 13.6 Å². The van der Waals surface area contributed by atoms with Crippen molar-refractivity contribution in [1.82, 2.24) is 9.88 Å². The number of carboxylic acid groups (broad SMARTS) is 1. The number of nitrogens with zero attached hydrogens (tertiary/aromatic N) is 2. The van der Waals surface area contributed by atoms with Crippen LogP contribution in [-0.4, -0.2) is 64.6 Å². The van der Waals surface area contributed by atoms with Crippen LogP contribution in [0.3, 0.4) is 0 Å². The molecule has 1 fully saturated rings. The zero-order chi connectivity index (χ0) is 31.1. The lowest BCUT2D eigenvalue weighted by atomic mass is 9.92. The van der Waals surface area contributed by atoms with Crippen LogP contribution in [0, 0.1) is 11.6 Å². The second-order valence-electron chi connectivity index (χ2n) is 11.6. The van der Waals surface area contributed by atoms with Gasteiger partial charge in [-0.3, -0.25) is 14.7 Å². The van der Waals surface area contributed by atoms with Crippen LogP contribution in [0.2, 0.25) is 0 Å². The highest BCUT2D eigenvalue weighted by Gasteiger charge is 2.39. The second kappa shape index (κ2) is 13.9. The molecule has 3 atom stereocenters. The number of carbonyl (C=O) groups is 2. The number of aromatic nitrogens is 1. The van der Waals surface area contributed by atoms with E-state index in [1.807, 2.05) is 24.3 Å². The normalized spacial score (nSPS) is 19.0. The Kier molecular flexibility index (Phi) is 10.3. The van der Waals surface area contributed by atoms with Crippen molar-refractivity contribution >= 4 is 29.0 Å². The van der Waals surface area contributed by atoms with Crippen LogP contribution in [0.5, 0.6) is 5.75 Å². The second-order valence-corrected chi connectivity index (χ2v) is 11.6. The van der Waals surface area contributed by atoms with Gasteiger partial charge in [-0.2, -0.15) is 0 Å². The Hall–Kier alpha value is -4.05. The molecule has 1 aromatic heterocycles. The molecular weight excluding hydrogens is 558 g/mol. The lowest BCUT2D eigenvalue weighted by Crippen LogP contribution is -2.53. The predicted molar refractivity (Wildman–Crippen MR) is 159 cm³/mol. The number of carbonyl (C=O) groups excluding carboxylic acids is 1. The van der Waals surface area contributed by atoms with Gasteiger partial charge in [-0.15, -0.1) is 0 Å². The maximum atomic E-state index is 14.2. The smallest absolute Gasteiger partial charge is 0.410 e. The van der Waals surface area contributed by atoms with E-state index >= 15 is 0 Å². The van der Waals surface area contributed by atoms with Gasteiger partial charge < -0.3 is 19.3 Å². The first-order valence-corrected chi connectivity index (χ1v) is 14.3. The fourth-order valence-electron chi connectivity index (χ4n) is 5.32. The highest BCUT2D eigenvalue weighted by atomic mass is 19.1. The third-order valence-corrected chi connectivity index (χ3v) is 7.32. The van der Waals surface area contributed by atoms with Crippen molar-refractivity contribution in [2.75, 3.05) is 13.7 Å². The molecule has 1 amide bonds. The Morgan fingerprint density at radius 3 is 2.65 bits per heavy atom. The predicted octanol–water partition coefficient (Wildman–Crippen LogP) is 6.80. The Bertz CT molecular complexity index is 1470. The van der Waals surface area contributed by atoms with Crippen molar-refractivity contribution in [3.05, 3.63) is 77.5 Å². The number of carboxylic acids is 1. The van der Waals surface area contributed by atoms with Crippen molar-refractivity contribution < 1.29 is 37.7 Å². The highest BCUT2D eigenvalue weighted by Crippen LogP contribution is 2.31. The minimum Gasteiger partial charge on any atom is -0.497 e. The molecule has 3 aromatic rings. The summed E-state index contributed by atoms with van der Waals surface area (Å²) >= 11 is 0. The lowest BCUT2D eigenvalue weighted by Gasteiger charge is -2.42. The molecule has 10 heteroatoms. The van der Waals surface area contributed by atoms with Gasteiger partial charge in [-0.25, -0.2) is 13.6 Å². The number of rotatable bonds is 10. The zero-order valence-corrected chi connectivity index (χ0v) is 24.9. The summed E-state index contributed by atoms with van der Waals surface area (Å²) in [6.45, 7) is 5.20. The van der Waals surface area contributed by atoms with Crippen LogP contribution in [0.1, 0.15) is 57.6 Å². The number of amides is 1. The molecule has 0 unspecified atom stereocenters. The standard InChI is InChI=1S/C33H38F2N2O6/c1-33(2,3)43-32(40)37(17-5-6-22-18-23(34)8-12-27(22)35)29-14-11-24(42-30(29)20-31(38)39)9-7-21-15-16-36-28-13-10-25(41-4)19-26(21)28/h5-6,8,10,12-13,15-16,18-19,24,29-30H,7,9,11,14,17,20H2,1-4H3,(H,38,39)/b6-5+/t24-,29-,30-/m1/s1. The van der Waals surface area contributed by atoms with E-state index in [0.717, 1.165) is 40.4 Å². The number of benzene rings is 2. The van der Waals surface area contributed by atoms with Crippen LogP contribution in [0.25, 0.3) is 17.0 Å². The SMILES string of the molecule is COc1ccc2nccc(CC[C@@H]3CC[C@@H](N(C/C=C/c4cc(F)ccc4F)C(=O)OC(C)(C)C)[C@@H](CC(=O)O)O3)c2c1. The van der Waals surface area contributed by atoms with Crippen LogP contribution >= 0.6 is 0 Å². The van der Waals surface area contributed by atoms with Crippen molar-refractivity contribution in [1.29, 1.82) is 0 Å². The van der Waals surface area contributed by atoms with Gasteiger partial charge in [0.05, 0.1) is 37.3 Å². The third-order valence-electron chi connectivity index (χ3n) is 7.32. The maximum Gasteiger partial charge on any atom is 0.410 e. The summed E-state index contributed by atoms with van der Waals surface area (Å²) < 4.78 is 45.2. The monoisotopic (exact) mass is 596 g/mol. The number of aryl methyl sites for hydroxylation is 1. The minimum absolute atomic E-state index is 0.00941. The number of ether oxygens (including phenoxy) is 3. The summed E-state index contributed by atoms with van der Waals surface area (Å²) in [5, 5.41) is 10.7. The summed E-state index contributed by atoms with van der Waals surface area (Å²) in [6, 6.07) is 10.2. The average Bonchev–Trinajstić information content (AvgIpc) is 2.94. The molecule has 1 aliphatic rings. The van der Waals surface area contributed by atoms with E-state index in [-0.39, 0.29) is 24.6 Å². The fourth-order valence-corrected chi connectivity index (χ4v) is 5.32. The molecule has 2 heterocycles. The van der Waals surface area contributed by atoms with Crippen LogP contribution in [0.15, 0.2) is 54.7 Å². The zero-order valence-electron chi connectivity index (χ0n) is 24.9. The first-order valence-electron chi connectivity index (χ1n) is 14.3.